The van der Waals surface area contributed by atoms with E-state index in [1.807, 2.05) is 0 Å². The van der Waals surface area contributed by atoms with Crippen LogP contribution in [0.4, 0.5) is 4.79 Å². The summed E-state index contributed by atoms with van der Waals surface area (Å²) in [5.74, 6) is -1.41. The summed E-state index contributed by atoms with van der Waals surface area (Å²) in [5, 5.41) is 14.2. The predicted molar refractivity (Wildman–Crippen MR) is 77.2 cm³/mol. The smallest absolute Gasteiger partial charge is 0.314 e. The summed E-state index contributed by atoms with van der Waals surface area (Å²) in [7, 11) is -0.968. The molecule has 0 fully saturated rings. The van der Waals surface area contributed by atoms with Gasteiger partial charge in [-0.3, -0.25) is 9.00 Å². The van der Waals surface area contributed by atoms with Gasteiger partial charge in [0.15, 0.2) is 0 Å². The van der Waals surface area contributed by atoms with Crippen molar-refractivity contribution in [3.05, 3.63) is 35.9 Å². The number of hydrogen-bond acceptors (Lipinski definition) is 3. The number of benzene rings is 1. The number of carboxylic acids is 1. The van der Waals surface area contributed by atoms with Gasteiger partial charge in [0.25, 0.3) is 0 Å². The molecule has 0 aliphatic carbocycles. The third-order valence-corrected chi connectivity index (χ3v) is 3.42. The fraction of sp³-hybridized carbons (Fsp3) is 0.385. The molecule has 0 aliphatic heterocycles. The molecule has 7 heteroatoms. The Morgan fingerprint density at radius 3 is 2.45 bits per heavy atom. The molecule has 0 heterocycles. The molecule has 0 aliphatic rings. The van der Waals surface area contributed by atoms with Gasteiger partial charge in [0, 0.05) is 35.9 Å². The quantitative estimate of drug-likeness (QED) is 0.684. The Morgan fingerprint density at radius 1 is 1.25 bits per heavy atom. The second-order valence-corrected chi connectivity index (χ2v) is 5.77. The number of nitrogens with one attached hydrogen (secondary N) is 2. The number of carbonyl (C=O) groups is 2. The van der Waals surface area contributed by atoms with E-state index in [0.717, 1.165) is 0 Å². The first-order valence-electron chi connectivity index (χ1n) is 6.10. The van der Waals surface area contributed by atoms with Gasteiger partial charge in [0.1, 0.15) is 0 Å². The van der Waals surface area contributed by atoms with E-state index >= 15 is 0 Å². The van der Waals surface area contributed by atoms with Gasteiger partial charge in [0.2, 0.25) is 0 Å². The molecule has 6 nitrogen and oxygen atoms in total. The molecule has 0 saturated heterocycles. The maximum absolute atomic E-state index is 11.5. The summed E-state index contributed by atoms with van der Waals surface area (Å²) < 4.78 is 10.8. The minimum absolute atomic E-state index is 0.000391. The number of aliphatic carboxylic acids is 1. The van der Waals surface area contributed by atoms with Crippen LogP contribution in [0.2, 0.25) is 0 Å². The Kier molecular flexibility index (Phi) is 6.72. The number of amides is 2. The molecule has 0 aromatic heterocycles. The van der Waals surface area contributed by atoms with Crippen LogP contribution < -0.4 is 10.6 Å². The van der Waals surface area contributed by atoms with E-state index in [9.17, 15) is 18.9 Å². The minimum Gasteiger partial charge on any atom is -0.481 e. The second kappa shape index (κ2) is 8.31. The molecular formula is C13H18N2O4S. The van der Waals surface area contributed by atoms with Crippen LogP contribution in [-0.4, -0.2) is 46.4 Å². The SMILES string of the molecule is CS(=O)CCNC(=O)NCC(C(=O)O)c1ccccc1. The maximum Gasteiger partial charge on any atom is 0.314 e. The summed E-state index contributed by atoms with van der Waals surface area (Å²) in [6.07, 6.45) is 1.55. The molecule has 2 atom stereocenters. The first kappa shape index (κ1) is 16.2. The topological polar surface area (TPSA) is 95.5 Å². The zero-order chi connectivity index (χ0) is 15.0. The number of urea groups is 1. The number of rotatable bonds is 7. The second-order valence-electron chi connectivity index (χ2n) is 4.22. The van der Waals surface area contributed by atoms with Gasteiger partial charge in [-0.05, 0) is 5.56 Å². The van der Waals surface area contributed by atoms with E-state index in [0.29, 0.717) is 11.3 Å². The van der Waals surface area contributed by atoms with Crippen LogP contribution in [0.15, 0.2) is 30.3 Å². The summed E-state index contributed by atoms with van der Waals surface area (Å²) in [6, 6.07) is 8.26. The van der Waals surface area contributed by atoms with Crippen LogP contribution in [0.25, 0.3) is 0 Å². The first-order valence-corrected chi connectivity index (χ1v) is 7.83. The fourth-order valence-corrected chi connectivity index (χ4v) is 1.99. The Bertz CT molecular complexity index is 479. The van der Waals surface area contributed by atoms with Crippen LogP contribution in [0, 0.1) is 0 Å². The van der Waals surface area contributed by atoms with Crippen molar-refractivity contribution in [2.24, 2.45) is 0 Å². The molecule has 2 unspecified atom stereocenters. The summed E-state index contributed by atoms with van der Waals surface area (Å²) in [5.41, 5.74) is 0.634. The third-order valence-electron chi connectivity index (χ3n) is 2.64. The van der Waals surface area contributed by atoms with Crippen LogP contribution in [0.5, 0.6) is 0 Å². The molecule has 1 rings (SSSR count). The average molecular weight is 298 g/mol. The van der Waals surface area contributed by atoms with Crippen molar-refractivity contribution >= 4 is 22.8 Å². The van der Waals surface area contributed by atoms with Crippen molar-refractivity contribution in [2.45, 2.75) is 5.92 Å². The van der Waals surface area contributed by atoms with E-state index in [1.54, 1.807) is 36.6 Å². The molecule has 1 aromatic carbocycles. The van der Waals surface area contributed by atoms with Crippen molar-refractivity contribution < 1.29 is 18.9 Å². The van der Waals surface area contributed by atoms with Crippen molar-refractivity contribution in [3.63, 3.8) is 0 Å². The lowest BCUT2D eigenvalue weighted by molar-refractivity contribution is -0.138. The van der Waals surface area contributed by atoms with Crippen LogP contribution >= 0.6 is 0 Å². The average Bonchev–Trinajstić information content (AvgIpc) is 2.39. The zero-order valence-electron chi connectivity index (χ0n) is 11.2. The molecule has 0 saturated carbocycles. The molecule has 3 N–H and O–H groups in total. The predicted octanol–water partition coefficient (Wildman–Crippen LogP) is 0.533. The number of carbonyl (C=O) groups excluding carboxylic acids is 1. The van der Waals surface area contributed by atoms with Crippen LogP contribution in [0.1, 0.15) is 11.5 Å². The maximum atomic E-state index is 11.5. The highest BCUT2D eigenvalue weighted by Gasteiger charge is 2.20. The van der Waals surface area contributed by atoms with E-state index in [4.69, 9.17) is 0 Å². The molecule has 0 spiro atoms. The van der Waals surface area contributed by atoms with Gasteiger partial charge >= 0.3 is 12.0 Å². The normalized spacial score (nSPS) is 13.2. The fourth-order valence-electron chi connectivity index (χ4n) is 1.60. The standard InChI is InChI=1S/C13H18N2O4S/c1-20(19)8-7-14-13(18)15-9-11(12(16)17)10-5-3-2-4-6-10/h2-6,11H,7-9H2,1H3,(H,16,17)(H2,14,15,18). The number of carboxylic acid groups (broad SMARTS) is 1. The lowest BCUT2D eigenvalue weighted by Gasteiger charge is -2.14. The van der Waals surface area contributed by atoms with Crippen LogP contribution in [-0.2, 0) is 15.6 Å². The summed E-state index contributed by atoms with van der Waals surface area (Å²) in [4.78, 5) is 22.7. The Balaban J connectivity index is 2.46. The van der Waals surface area contributed by atoms with Gasteiger partial charge in [-0.25, -0.2) is 4.79 Å². The van der Waals surface area contributed by atoms with Crippen molar-refractivity contribution in [3.8, 4) is 0 Å². The first-order chi connectivity index (χ1) is 9.50. The third kappa shape index (κ3) is 5.83. The van der Waals surface area contributed by atoms with Gasteiger partial charge in [0.05, 0.1) is 5.92 Å². The largest absolute Gasteiger partial charge is 0.481 e. The van der Waals surface area contributed by atoms with E-state index in [1.165, 1.54) is 0 Å². The minimum atomic E-state index is -0.994. The molecular weight excluding hydrogens is 280 g/mol. The molecule has 0 bridgehead atoms. The monoisotopic (exact) mass is 298 g/mol. The van der Waals surface area contributed by atoms with Crippen molar-refractivity contribution in [1.82, 2.24) is 10.6 Å². The molecule has 20 heavy (non-hydrogen) atoms. The molecule has 1 aromatic rings. The van der Waals surface area contributed by atoms with Gasteiger partial charge in [-0.2, -0.15) is 0 Å². The van der Waals surface area contributed by atoms with Gasteiger partial charge < -0.3 is 15.7 Å². The molecule has 0 radical (unpaired) electrons. The Hall–Kier alpha value is -1.89. The van der Waals surface area contributed by atoms with Crippen LogP contribution in [0.3, 0.4) is 0 Å². The van der Waals surface area contributed by atoms with E-state index < -0.39 is 28.7 Å². The van der Waals surface area contributed by atoms with Crippen molar-refractivity contribution in [1.29, 1.82) is 0 Å². The molecule has 110 valence electrons. The Labute approximate surface area is 120 Å². The molecule has 2 amide bonds. The van der Waals surface area contributed by atoms with Gasteiger partial charge in [-0.15, -0.1) is 0 Å². The van der Waals surface area contributed by atoms with Gasteiger partial charge in [-0.1, -0.05) is 30.3 Å². The Morgan fingerprint density at radius 2 is 1.90 bits per heavy atom. The number of hydrogen-bond donors (Lipinski definition) is 3. The highest BCUT2D eigenvalue weighted by atomic mass is 32.2. The highest BCUT2D eigenvalue weighted by Crippen LogP contribution is 2.14. The lowest BCUT2D eigenvalue weighted by Crippen LogP contribution is -2.40. The highest BCUT2D eigenvalue weighted by molar-refractivity contribution is 7.84. The van der Waals surface area contributed by atoms with E-state index in [2.05, 4.69) is 10.6 Å². The summed E-state index contributed by atoms with van der Waals surface area (Å²) in [6.45, 7) is 0.290. The van der Waals surface area contributed by atoms with E-state index in [-0.39, 0.29) is 13.1 Å². The van der Waals surface area contributed by atoms with Crippen molar-refractivity contribution in [2.75, 3.05) is 25.1 Å². The lowest BCUT2D eigenvalue weighted by atomic mass is 9.99. The zero-order valence-corrected chi connectivity index (χ0v) is 12.0. The summed E-state index contributed by atoms with van der Waals surface area (Å²) >= 11 is 0.